The molecule has 0 amide bonds. The van der Waals surface area contributed by atoms with Crippen molar-refractivity contribution in [3.63, 3.8) is 0 Å². The highest BCUT2D eigenvalue weighted by Gasteiger charge is 2.06. The van der Waals surface area contributed by atoms with Crippen LogP contribution in [0.2, 0.25) is 10.0 Å². The third-order valence-electron chi connectivity index (χ3n) is 1.86. The quantitative estimate of drug-likeness (QED) is 0.779. The highest BCUT2D eigenvalue weighted by atomic mass is 35.5. The molecule has 1 atom stereocenters. The van der Waals surface area contributed by atoms with E-state index in [4.69, 9.17) is 23.2 Å². The van der Waals surface area contributed by atoms with Crippen molar-refractivity contribution in [1.82, 2.24) is 5.32 Å². The molecule has 0 radical (unpaired) electrons. The first-order valence-electron chi connectivity index (χ1n) is 3.77. The number of rotatable bonds is 2. The summed E-state index contributed by atoms with van der Waals surface area (Å²) in [5.74, 6) is 0. The molecule has 1 N–H and O–H groups in total. The maximum Gasteiger partial charge on any atom is 0.0468 e. The lowest BCUT2D eigenvalue weighted by Gasteiger charge is -2.12. The van der Waals surface area contributed by atoms with Crippen molar-refractivity contribution in [2.75, 3.05) is 7.05 Å². The average Bonchev–Trinajstić information content (AvgIpc) is 2.03. The predicted molar refractivity (Wildman–Crippen MR) is 53.9 cm³/mol. The second kappa shape index (κ2) is 4.13. The first-order valence-corrected chi connectivity index (χ1v) is 4.53. The summed E-state index contributed by atoms with van der Waals surface area (Å²) in [5, 5.41) is 4.50. The van der Waals surface area contributed by atoms with Gasteiger partial charge in [0.15, 0.2) is 0 Å². The summed E-state index contributed by atoms with van der Waals surface area (Å²) >= 11 is 11.7. The van der Waals surface area contributed by atoms with Crippen LogP contribution in [0.4, 0.5) is 0 Å². The van der Waals surface area contributed by atoms with Gasteiger partial charge in [-0.15, -0.1) is 0 Å². The Morgan fingerprint density at radius 2 is 2.00 bits per heavy atom. The monoisotopic (exact) mass is 203 g/mol. The van der Waals surface area contributed by atoms with Crippen LogP contribution in [0, 0.1) is 0 Å². The zero-order valence-electron chi connectivity index (χ0n) is 7.07. The summed E-state index contributed by atoms with van der Waals surface area (Å²) < 4.78 is 0. The molecule has 1 nitrogen and oxygen atoms in total. The van der Waals surface area contributed by atoms with E-state index in [0.29, 0.717) is 10.0 Å². The van der Waals surface area contributed by atoms with Gasteiger partial charge in [-0.25, -0.2) is 0 Å². The molecular weight excluding hydrogens is 193 g/mol. The van der Waals surface area contributed by atoms with Crippen molar-refractivity contribution < 1.29 is 0 Å². The summed E-state index contributed by atoms with van der Waals surface area (Å²) in [6, 6.07) is 5.80. The van der Waals surface area contributed by atoms with Crippen LogP contribution in [-0.2, 0) is 0 Å². The molecule has 12 heavy (non-hydrogen) atoms. The summed E-state index contributed by atoms with van der Waals surface area (Å²) in [6.07, 6.45) is 0. The lowest BCUT2D eigenvalue weighted by atomic mass is 10.1. The van der Waals surface area contributed by atoms with Crippen molar-refractivity contribution in [2.24, 2.45) is 0 Å². The van der Waals surface area contributed by atoms with Crippen molar-refractivity contribution in [3.8, 4) is 0 Å². The number of halogens is 2. The van der Waals surface area contributed by atoms with Crippen LogP contribution < -0.4 is 5.32 Å². The minimum absolute atomic E-state index is 0.259. The molecule has 3 heteroatoms. The van der Waals surface area contributed by atoms with Gasteiger partial charge in [0.25, 0.3) is 0 Å². The minimum atomic E-state index is 0.259. The Labute approximate surface area is 82.7 Å². The van der Waals surface area contributed by atoms with Crippen LogP contribution in [0.15, 0.2) is 18.2 Å². The summed E-state index contributed by atoms with van der Waals surface area (Å²) in [6.45, 7) is 2.05. The maximum absolute atomic E-state index is 5.98. The Bertz CT molecular complexity index is 273. The zero-order valence-corrected chi connectivity index (χ0v) is 8.58. The lowest BCUT2D eigenvalue weighted by Crippen LogP contribution is -2.12. The van der Waals surface area contributed by atoms with Gasteiger partial charge in [0.1, 0.15) is 0 Å². The van der Waals surface area contributed by atoms with Gasteiger partial charge in [-0.3, -0.25) is 0 Å². The lowest BCUT2D eigenvalue weighted by molar-refractivity contribution is 0.652. The van der Waals surface area contributed by atoms with Gasteiger partial charge in [0, 0.05) is 16.1 Å². The Morgan fingerprint density at radius 3 is 2.50 bits per heavy atom. The molecule has 0 spiro atoms. The van der Waals surface area contributed by atoms with Gasteiger partial charge >= 0.3 is 0 Å². The molecule has 1 aromatic carbocycles. The van der Waals surface area contributed by atoms with E-state index in [2.05, 4.69) is 12.2 Å². The van der Waals surface area contributed by atoms with Crippen LogP contribution in [-0.4, -0.2) is 7.05 Å². The van der Waals surface area contributed by atoms with Crippen LogP contribution in [0.3, 0.4) is 0 Å². The van der Waals surface area contributed by atoms with E-state index in [9.17, 15) is 0 Å². The standard InChI is InChI=1S/C9H11Cl2N/c1-6(12-2)8-4-3-7(10)5-9(8)11/h3-6,12H,1-2H3. The van der Waals surface area contributed by atoms with Crippen LogP contribution >= 0.6 is 23.2 Å². The van der Waals surface area contributed by atoms with Gasteiger partial charge in [-0.2, -0.15) is 0 Å². The van der Waals surface area contributed by atoms with E-state index in [1.807, 2.05) is 19.2 Å². The van der Waals surface area contributed by atoms with E-state index in [1.54, 1.807) is 6.07 Å². The first kappa shape index (κ1) is 9.85. The fraction of sp³-hybridized carbons (Fsp3) is 0.333. The van der Waals surface area contributed by atoms with Gasteiger partial charge in [-0.1, -0.05) is 29.3 Å². The molecule has 0 aliphatic carbocycles. The molecular formula is C9H11Cl2N. The molecule has 0 fully saturated rings. The van der Waals surface area contributed by atoms with E-state index < -0.39 is 0 Å². The van der Waals surface area contributed by atoms with Crippen LogP contribution in [0.5, 0.6) is 0 Å². The number of benzene rings is 1. The van der Waals surface area contributed by atoms with E-state index in [1.165, 1.54) is 0 Å². The highest BCUT2D eigenvalue weighted by molar-refractivity contribution is 6.35. The molecule has 0 bridgehead atoms. The Balaban J connectivity index is 3.01. The Hall–Kier alpha value is -0.240. The molecule has 66 valence electrons. The third-order valence-corrected chi connectivity index (χ3v) is 2.42. The molecule has 1 unspecified atom stereocenters. The third kappa shape index (κ3) is 2.13. The average molecular weight is 204 g/mol. The van der Waals surface area contributed by atoms with Crippen molar-refractivity contribution in [2.45, 2.75) is 13.0 Å². The van der Waals surface area contributed by atoms with Gasteiger partial charge < -0.3 is 5.32 Å². The van der Waals surface area contributed by atoms with E-state index in [0.717, 1.165) is 5.56 Å². The van der Waals surface area contributed by atoms with Crippen LogP contribution in [0.1, 0.15) is 18.5 Å². The second-order valence-electron chi connectivity index (χ2n) is 2.68. The molecule has 0 aromatic heterocycles. The number of nitrogens with one attached hydrogen (secondary N) is 1. The zero-order chi connectivity index (χ0) is 9.14. The molecule has 0 heterocycles. The minimum Gasteiger partial charge on any atom is -0.313 e. The molecule has 0 aliphatic heterocycles. The van der Waals surface area contributed by atoms with Gasteiger partial charge in [0.2, 0.25) is 0 Å². The number of hydrogen-bond acceptors (Lipinski definition) is 1. The second-order valence-corrected chi connectivity index (χ2v) is 3.52. The van der Waals surface area contributed by atoms with Crippen molar-refractivity contribution >= 4 is 23.2 Å². The van der Waals surface area contributed by atoms with Crippen molar-refractivity contribution in [1.29, 1.82) is 0 Å². The largest absolute Gasteiger partial charge is 0.313 e. The normalized spacial score (nSPS) is 13.0. The van der Waals surface area contributed by atoms with E-state index >= 15 is 0 Å². The van der Waals surface area contributed by atoms with Crippen LogP contribution in [0.25, 0.3) is 0 Å². The highest BCUT2D eigenvalue weighted by Crippen LogP contribution is 2.25. The summed E-state index contributed by atoms with van der Waals surface area (Å²) in [4.78, 5) is 0. The van der Waals surface area contributed by atoms with Gasteiger partial charge in [0.05, 0.1) is 0 Å². The molecule has 0 saturated heterocycles. The topological polar surface area (TPSA) is 12.0 Å². The van der Waals surface area contributed by atoms with Gasteiger partial charge in [-0.05, 0) is 31.7 Å². The number of hydrogen-bond donors (Lipinski definition) is 1. The Morgan fingerprint density at radius 1 is 1.33 bits per heavy atom. The summed E-state index contributed by atoms with van der Waals surface area (Å²) in [7, 11) is 1.90. The first-order chi connectivity index (χ1) is 5.65. The SMILES string of the molecule is CNC(C)c1ccc(Cl)cc1Cl. The molecule has 0 saturated carbocycles. The molecule has 1 rings (SSSR count). The Kier molecular flexibility index (Phi) is 3.39. The van der Waals surface area contributed by atoms with E-state index in [-0.39, 0.29) is 6.04 Å². The summed E-state index contributed by atoms with van der Waals surface area (Å²) in [5.41, 5.74) is 1.07. The maximum atomic E-state index is 5.98. The predicted octanol–water partition coefficient (Wildman–Crippen LogP) is 3.27. The fourth-order valence-electron chi connectivity index (χ4n) is 1.01. The molecule has 0 aliphatic rings. The van der Waals surface area contributed by atoms with Crippen molar-refractivity contribution in [3.05, 3.63) is 33.8 Å². The smallest absolute Gasteiger partial charge is 0.0468 e. The molecule has 1 aromatic rings. The fourth-order valence-corrected chi connectivity index (χ4v) is 1.58.